The molecule has 3 rings (SSSR count). The van der Waals surface area contributed by atoms with Crippen LogP contribution in [0.25, 0.3) is 0 Å². The number of nitrogens with one attached hydrogen (secondary N) is 1. The minimum absolute atomic E-state index is 0.222. The second kappa shape index (κ2) is 9.29. The van der Waals surface area contributed by atoms with Gasteiger partial charge in [-0.2, -0.15) is 0 Å². The molecular weight excluding hydrogens is 353 g/mol. The second-order valence-corrected chi connectivity index (χ2v) is 6.22. The van der Waals surface area contributed by atoms with E-state index in [1.807, 2.05) is 24.3 Å². The van der Waals surface area contributed by atoms with Gasteiger partial charge in [-0.1, -0.05) is 12.1 Å². The van der Waals surface area contributed by atoms with E-state index in [2.05, 4.69) is 10.2 Å². The van der Waals surface area contributed by atoms with E-state index in [0.717, 1.165) is 50.2 Å². The summed E-state index contributed by atoms with van der Waals surface area (Å²) in [6.07, 6.45) is 0. The number of rotatable bonds is 8. The van der Waals surface area contributed by atoms with Gasteiger partial charge in [-0.15, -0.1) is 0 Å². The first kappa shape index (κ1) is 19.1. The molecule has 0 saturated carbocycles. The van der Waals surface area contributed by atoms with Gasteiger partial charge in [0.2, 0.25) is 0 Å². The molecule has 1 aliphatic heterocycles. The lowest BCUT2D eigenvalue weighted by atomic mass is 10.2. The lowest BCUT2D eigenvalue weighted by Gasteiger charge is -2.26. The number of non-ortho nitro benzene ring substituents is 1. The summed E-state index contributed by atoms with van der Waals surface area (Å²) in [7, 11) is 0. The molecule has 0 aliphatic carbocycles. The Hall–Kier alpha value is -2.71. The fraction of sp³-hybridized carbons (Fsp3) is 0.368. The van der Waals surface area contributed by atoms with E-state index in [0.29, 0.717) is 13.2 Å². The first-order valence-electron chi connectivity index (χ1n) is 8.81. The van der Waals surface area contributed by atoms with Gasteiger partial charge in [0.1, 0.15) is 12.4 Å². The largest absolute Gasteiger partial charge is 0.492 e. The number of nitro groups is 1. The highest BCUT2D eigenvalue weighted by atomic mass is 19.1. The summed E-state index contributed by atoms with van der Waals surface area (Å²) in [5, 5.41) is 13.6. The molecule has 1 N–H and O–H groups in total. The summed E-state index contributed by atoms with van der Waals surface area (Å²) < 4.78 is 25.1. The van der Waals surface area contributed by atoms with E-state index >= 15 is 0 Å². The van der Waals surface area contributed by atoms with Crippen molar-refractivity contribution in [3.63, 3.8) is 0 Å². The van der Waals surface area contributed by atoms with Crippen molar-refractivity contribution in [2.45, 2.75) is 6.54 Å². The number of hydrogen-bond donors (Lipinski definition) is 1. The number of benzene rings is 2. The Bertz CT molecular complexity index is 781. The van der Waals surface area contributed by atoms with Crippen LogP contribution in [0.15, 0.2) is 42.5 Å². The Morgan fingerprint density at radius 3 is 2.78 bits per heavy atom. The van der Waals surface area contributed by atoms with Crippen molar-refractivity contribution in [3.05, 3.63) is 64.0 Å². The standard InChI is InChI=1S/C19H22FN3O4/c20-18-13-16(23(24)25)4-5-19(18)21-14-15-2-1-3-17(12-15)27-11-8-22-6-9-26-10-7-22/h1-5,12-13,21H,6-11,14H2. The van der Waals surface area contributed by atoms with Crippen LogP contribution in [0.2, 0.25) is 0 Å². The van der Waals surface area contributed by atoms with Gasteiger partial charge in [-0.3, -0.25) is 15.0 Å². The molecule has 1 fully saturated rings. The van der Waals surface area contributed by atoms with Crippen LogP contribution in [0.1, 0.15) is 5.56 Å². The van der Waals surface area contributed by atoms with Crippen molar-refractivity contribution in [3.8, 4) is 5.75 Å². The van der Waals surface area contributed by atoms with E-state index in [4.69, 9.17) is 9.47 Å². The number of anilines is 1. The normalized spacial score (nSPS) is 14.7. The Labute approximate surface area is 156 Å². The van der Waals surface area contributed by atoms with Crippen molar-refractivity contribution in [2.24, 2.45) is 0 Å². The summed E-state index contributed by atoms with van der Waals surface area (Å²) in [6, 6.07) is 11.1. The van der Waals surface area contributed by atoms with Crippen LogP contribution < -0.4 is 10.1 Å². The second-order valence-electron chi connectivity index (χ2n) is 6.22. The van der Waals surface area contributed by atoms with Crippen LogP contribution in [-0.4, -0.2) is 49.3 Å². The van der Waals surface area contributed by atoms with Crippen molar-refractivity contribution in [1.29, 1.82) is 0 Å². The third-order valence-electron chi connectivity index (χ3n) is 4.32. The molecular formula is C19H22FN3O4. The van der Waals surface area contributed by atoms with Crippen molar-refractivity contribution in [1.82, 2.24) is 4.90 Å². The monoisotopic (exact) mass is 375 g/mol. The quantitative estimate of drug-likeness (QED) is 0.564. The average Bonchev–Trinajstić information content (AvgIpc) is 2.68. The van der Waals surface area contributed by atoms with Gasteiger partial charge in [-0.25, -0.2) is 4.39 Å². The third-order valence-corrected chi connectivity index (χ3v) is 4.32. The van der Waals surface area contributed by atoms with Crippen LogP contribution in [0.4, 0.5) is 15.8 Å². The zero-order valence-corrected chi connectivity index (χ0v) is 14.9. The highest BCUT2D eigenvalue weighted by Gasteiger charge is 2.11. The molecule has 1 saturated heterocycles. The van der Waals surface area contributed by atoms with Gasteiger partial charge in [0, 0.05) is 32.2 Å². The van der Waals surface area contributed by atoms with E-state index in [1.165, 1.54) is 12.1 Å². The zero-order valence-electron chi connectivity index (χ0n) is 14.9. The summed E-state index contributed by atoms with van der Waals surface area (Å²) in [5.74, 6) is 0.105. The molecule has 0 bridgehead atoms. The molecule has 27 heavy (non-hydrogen) atoms. The molecule has 0 spiro atoms. The predicted octanol–water partition coefficient (Wildman–Crippen LogP) is 3.06. The molecule has 0 aromatic heterocycles. The predicted molar refractivity (Wildman–Crippen MR) is 99.6 cm³/mol. The molecule has 0 amide bonds. The topological polar surface area (TPSA) is 76.9 Å². The van der Waals surface area contributed by atoms with Crippen LogP contribution in [0, 0.1) is 15.9 Å². The molecule has 0 unspecified atom stereocenters. The molecule has 1 heterocycles. The van der Waals surface area contributed by atoms with Gasteiger partial charge in [-0.05, 0) is 23.8 Å². The first-order valence-corrected chi connectivity index (χ1v) is 8.81. The molecule has 1 aliphatic rings. The summed E-state index contributed by atoms with van der Waals surface area (Å²) in [5.41, 5.74) is 0.879. The summed E-state index contributed by atoms with van der Waals surface area (Å²) >= 11 is 0. The number of ether oxygens (including phenoxy) is 2. The lowest BCUT2D eigenvalue weighted by Crippen LogP contribution is -2.38. The van der Waals surface area contributed by atoms with Gasteiger partial charge >= 0.3 is 0 Å². The van der Waals surface area contributed by atoms with E-state index in [1.54, 1.807) is 0 Å². The average molecular weight is 375 g/mol. The van der Waals surface area contributed by atoms with Crippen LogP contribution >= 0.6 is 0 Å². The molecule has 144 valence electrons. The fourth-order valence-corrected chi connectivity index (χ4v) is 2.82. The van der Waals surface area contributed by atoms with Crippen LogP contribution in [0.3, 0.4) is 0 Å². The maximum absolute atomic E-state index is 13.9. The molecule has 8 heteroatoms. The van der Waals surface area contributed by atoms with Gasteiger partial charge in [0.25, 0.3) is 5.69 Å². The number of hydrogen-bond acceptors (Lipinski definition) is 6. The molecule has 2 aromatic carbocycles. The highest BCUT2D eigenvalue weighted by Crippen LogP contribution is 2.21. The Balaban J connectivity index is 1.50. The zero-order chi connectivity index (χ0) is 19.1. The maximum atomic E-state index is 13.9. The van der Waals surface area contributed by atoms with Gasteiger partial charge in [0.05, 0.1) is 29.9 Å². The molecule has 2 aromatic rings. The SMILES string of the molecule is O=[N+]([O-])c1ccc(NCc2cccc(OCCN3CCOCC3)c2)c(F)c1. The summed E-state index contributed by atoms with van der Waals surface area (Å²) in [6.45, 7) is 5.20. The van der Waals surface area contributed by atoms with Gasteiger partial charge in [0.15, 0.2) is 5.82 Å². The molecule has 0 radical (unpaired) electrons. The van der Waals surface area contributed by atoms with Crippen molar-refractivity contribution < 1.29 is 18.8 Å². The number of halogens is 1. The minimum Gasteiger partial charge on any atom is -0.492 e. The fourth-order valence-electron chi connectivity index (χ4n) is 2.82. The number of nitrogens with zero attached hydrogens (tertiary/aromatic N) is 2. The maximum Gasteiger partial charge on any atom is 0.272 e. The lowest BCUT2D eigenvalue weighted by molar-refractivity contribution is -0.385. The minimum atomic E-state index is -0.651. The number of morpholine rings is 1. The van der Waals surface area contributed by atoms with E-state index in [-0.39, 0.29) is 11.4 Å². The smallest absolute Gasteiger partial charge is 0.272 e. The molecule has 0 atom stereocenters. The Morgan fingerprint density at radius 1 is 1.22 bits per heavy atom. The molecule has 7 nitrogen and oxygen atoms in total. The first-order chi connectivity index (χ1) is 13.1. The third kappa shape index (κ3) is 5.63. The Kier molecular flexibility index (Phi) is 6.56. The van der Waals surface area contributed by atoms with E-state index in [9.17, 15) is 14.5 Å². The van der Waals surface area contributed by atoms with Crippen LogP contribution in [-0.2, 0) is 11.3 Å². The van der Waals surface area contributed by atoms with Crippen molar-refractivity contribution >= 4 is 11.4 Å². The number of nitro benzene ring substituents is 1. The van der Waals surface area contributed by atoms with Crippen molar-refractivity contribution in [2.75, 3.05) is 44.8 Å². The van der Waals surface area contributed by atoms with E-state index < -0.39 is 10.7 Å². The Morgan fingerprint density at radius 2 is 2.04 bits per heavy atom. The summed E-state index contributed by atoms with van der Waals surface area (Å²) in [4.78, 5) is 12.3. The van der Waals surface area contributed by atoms with Crippen LogP contribution in [0.5, 0.6) is 5.75 Å². The highest BCUT2D eigenvalue weighted by molar-refractivity contribution is 5.50. The van der Waals surface area contributed by atoms with Gasteiger partial charge < -0.3 is 14.8 Å².